The smallest absolute Gasteiger partial charge is 0.341 e. The third-order valence-corrected chi connectivity index (χ3v) is 8.29. The van der Waals surface area contributed by atoms with E-state index in [0.29, 0.717) is 40.8 Å². The molecule has 0 saturated carbocycles. The molecule has 0 bridgehead atoms. The van der Waals surface area contributed by atoms with Crippen molar-refractivity contribution in [2.24, 2.45) is 0 Å². The molecular weight excluding hydrogens is 548 g/mol. The minimum absolute atomic E-state index is 0.0944. The Labute approximate surface area is 249 Å². The molecule has 0 saturated heterocycles. The number of carbonyl (C=O) groups is 2. The zero-order valence-corrected chi connectivity index (χ0v) is 24.5. The van der Waals surface area contributed by atoms with Gasteiger partial charge in [-0.25, -0.2) is 4.79 Å². The summed E-state index contributed by atoms with van der Waals surface area (Å²) in [6.45, 7) is 4.65. The van der Waals surface area contributed by atoms with Gasteiger partial charge in [0.1, 0.15) is 23.3 Å². The first-order valence-corrected chi connectivity index (χ1v) is 14.9. The van der Waals surface area contributed by atoms with Crippen molar-refractivity contribution < 1.29 is 23.8 Å². The Morgan fingerprint density at radius 2 is 1.79 bits per heavy atom. The van der Waals surface area contributed by atoms with Crippen LogP contribution in [0.25, 0.3) is 16.8 Å². The third kappa shape index (κ3) is 6.32. The van der Waals surface area contributed by atoms with Crippen LogP contribution in [0.1, 0.15) is 58.6 Å². The first-order chi connectivity index (χ1) is 20.5. The summed E-state index contributed by atoms with van der Waals surface area (Å²) in [5.41, 5.74) is 2.93. The van der Waals surface area contributed by atoms with Crippen LogP contribution in [0.2, 0.25) is 0 Å². The van der Waals surface area contributed by atoms with Crippen LogP contribution in [0, 0.1) is 11.3 Å². The molecule has 3 aromatic carbocycles. The molecule has 7 nitrogen and oxygen atoms in total. The van der Waals surface area contributed by atoms with E-state index in [-0.39, 0.29) is 12.2 Å². The van der Waals surface area contributed by atoms with Gasteiger partial charge in [-0.1, -0.05) is 48.5 Å². The zero-order chi connectivity index (χ0) is 29.5. The van der Waals surface area contributed by atoms with E-state index in [9.17, 15) is 14.9 Å². The molecule has 1 aliphatic rings. The number of benzene rings is 3. The topological polar surface area (TPSA) is 97.7 Å². The van der Waals surface area contributed by atoms with E-state index < -0.39 is 11.9 Å². The normalized spacial score (nSPS) is 12.7. The standard InChI is InChI=1S/C34H32N2O5S/c1-3-39-29-19-22(16-17-28(29)41-21-24-12-9-11-23-10-5-6-13-26(23)24)18-25(20-35)32(37)36-33-31(34(38)40-4-2)27-14-7-8-15-30(27)42-33/h5-6,9-13,16-19H,3-4,7-8,14-15,21H2,1-2H3,(H,36,37)/b25-18+. The predicted octanol–water partition coefficient (Wildman–Crippen LogP) is 7.48. The number of nitrogens with one attached hydrogen (secondary N) is 1. The number of esters is 1. The number of fused-ring (bicyclic) bond motifs is 2. The molecule has 0 aliphatic heterocycles. The van der Waals surface area contributed by atoms with Crippen LogP contribution in [-0.4, -0.2) is 25.1 Å². The highest BCUT2D eigenvalue weighted by Gasteiger charge is 2.28. The van der Waals surface area contributed by atoms with Crippen LogP contribution in [0.3, 0.4) is 0 Å². The summed E-state index contributed by atoms with van der Waals surface area (Å²) in [6, 6.07) is 21.6. The van der Waals surface area contributed by atoms with Gasteiger partial charge in [0.25, 0.3) is 5.91 Å². The minimum Gasteiger partial charge on any atom is -0.490 e. The Bertz CT molecular complexity index is 1690. The summed E-state index contributed by atoms with van der Waals surface area (Å²) in [4.78, 5) is 27.1. The molecule has 8 heteroatoms. The van der Waals surface area contributed by atoms with Gasteiger partial charge in [0, 0.05) is 4.88 Å². The third-order valence-electron chi connectivity index (χ3n) is 7.08. The second-order valence-corrected chi connectivity index (χ2v) is 10.9. The second-order valence-electron chi connectivity index (χ2n) is 9.83. The molecule has 1 aromatic heterocycles. The van der Waals surface area contributed by atoms with E-state index >= 15 is 0 Å². The average molecular weight is 581 g/mol. The fourth-order valence-electron chi connectivity index (χ4n) is 5.13. The van der Waals surface area contributed by atoms with E-state index in [1.165, 1.54) is 17.4 Å². The van der Waals surface area contributed by atoms with Gasteiger partial charge in [0.15, 0.2) is 11.5 Å². The van der Waals surface area contributed by atoms with E-state index in [1.807, 2.05) is 37.3 Å². The summed E-state index contributed by atoms with van der Waals surface area (Å²) in [7, 11) is 0. The number of nitrogens with zero attached hydrogens (tertiary/aromatic N) is 1. The molecule has 5 rings (SSSR count). The number of ether oxygens (including phenoxy) is 3. The maximum atomic E-state index is 13.2. The molecule has 0 spiro atoms. The number of nitriles is 1. The van der Waals surface area contributed by atoms with Crippen molar-refractivity contribution in [3.8, 4) is 17.6 Å². The lowest BCUT2D eigenvalue weighted by Crippen LogP contribution is -2.16. The van der Waals surface area contributed by atoms with Gasteiger partial charge in [-0.3, -0.25) is 4.79 Å². The molecule has 0 radical (unpaired) electrons. The maximum Gasteiger partial charge on any atom is 0.341 e. The Morgan fingerprint density at radius 1 is 0.976 bits per heavy atom. The van der Waals surface area contributed by atoms with Gasteiger partial charge in [0.2, 0.25) is 0 Å². The number of carbonyl (C=O) groups excluding carboxylic acids is 2. The number of thiophene rings is 1. The van der Waals surface area contributed by atoms with Crippen LogP contribution >= 0.6 is 11.3 Å². The number of rotatable bonds is 10. The molecule has 1 N–H and O–H groups in total. The van der Waals surface area contributed by atoms with Gasteiger partial charge in [0.05, 0.1) is 18.8 Å². The van der Waals surface area contributed by atoms with Crippen LogP contribution in [-0.2, 0) is 29.0 Å². The lowest BCUT2D eigenvalue weighted by molar-refractivity contribution is -0.112. The van der Waals surface area contributed by atoms with Crippen molar-refractivity contribution in [2.75, 3.05) is 18.5 Å². The largest absolute Gasteiger partial charge is 0.490 e. The molecule has 0 unspecified atom stereocenters. The number of hydrogen-bond acceptors (Lipinski definition) is 7. The fourth-order valence-corrected chi connectivity index (χ4v) is 6.41. The highest BCUT2D eigenvalue weighted by molar-refractivity contribution is 7.17. The SMILES string of the molecule is CCOC(=O)c1c(NC(=O)/C(C#N)=C/c2ccc(OCc3cccc4ccccc34)c(OCC)c2)sc2c1CCCC2. The summed E-state index contributed by atoms with van der Waals surface area (Å²) in [5, 5.41) is 15.4. The Kier molecular flexibility index (Phi) is 9.20. The molecule has 4 aromatic rings. The van der Waals surface area contributed by atoms with Gasteiger partial charge >= 0.3 is 5.97 Å². The summed E-state index contributed by atoms with van der Waals surface area (Å²) in [5.74, 6) is 0.0406. The predicted molar refractivity (Wildman–Crippen MR) is 165 cm³/mol. The average Bonchev–Trinajstić information content (AvgIpc) is 3.37. The molecule has 214 valence electrons. The molecule has 1 aliphatic carbocycles. The molecule has 0 fully saturated rings. The van der Waals surface area contributed by atoms with E-state index in [4.69, 9.17) is 14.2 Å². The highest BCUT2D eigenvalue weighted by atomic mass is 32.1. The Morgan fingerprint density at radius 3 is 2.60 bits per heavy atom. The van der Waals surface area contributed by atoms with Crippen molar-refractivity contribution >= 4 is 45.1 Å². The number of hydrogen-bond donors (Lipinski definition) is 1. The van der Waals surface area contributed by atoms with E-state index in [0.717, 1.165) is 52.5 Å². The first-order valence-electron chi connectivity index (χ1n) is 14.1. The molecule has 0 atom stereocenters. The van der Waals surface area contributed by atoms with Crippen LogP contribution in [0.4, 0.5) is 5.00 Å². The molecular formula is C34H32N2O5S. The van der Waals surface area contributed by atoms with Crippen LogP contribution in [0.15, 0.2) is 66.2 Å². The number of aryl methyl sites for hydroxylation is 1. The van der Waals surface area contributed by atoms with E-state index in [2.05, 4.69) is 23.5 Å². The summed E-state index contributed by atoms with van der Waals surface area (Å²) in [6.07, 6.45) is 5.15. The van der Waals surface area contributed by atoms with Crippen molar-refractivity contribution in [2.45, 2.75) is 46.1 Å². The lowest BCUT2D eigenvalue weighted by Gasteiger charge is -2.14. The van der Waals surface area contributed by atoms with Crippen LogP contribution in [0.5, 0.6) is 11.5 Å². The van der Waals surface area contributed by atoms with Gasteiger partial charge in [-0.15, -0.1) is 11.3 Å². The fraction of sp³-hybridized carbons (Fsp3) is 0.265. The second kappa shape index (κ2) is 13.4. The molecule has 42 heavy (non-hydrogen) atoms. The molecule has 1 heterocycles. The first kappa shape index (κ1) is 28.9. The maximum absolute atomic E-state index is 13.2. The van der Waals surface area contributed by atoms with Crippen molar-refractivity contribution in [3.05, 3.63) is 93.4 Å². The van der Waals surface area contributed by atoms with Gasteiger partial charge < -0.3 is 19.5 Å². The minimum atomic E-state index is -0.587. The van der Waals surface area contributed by atoms with Crippen molar-refractivity contribution in [1.29, 1.82) is 5.26 Å². The van der Waals surface area contributed by atoms with Crippen LogP contribution < -0.4 is 14.8 Å². The number of amides is 1. The quantitative estimate of drug-likeness (QED) is 0.119. The van der Waals surface area contributed by atoms with E-state index in [1.54, 1.807) is 25.1 Å². The van der Waals surface area contributed by atoms with Gasteiger partial charge in [-0.05, 0) is 85.2 Å². The Hall–Kier alpha value is -4.61. The summed E-state index contributed by atoms with van der Waals surface area (Å²) >= 11 is 1.39. The van der Waals surface area contributed by atoms with Crippen molar-refractivity contribution in [3.63, 3.8) is 0 Å². The zero-order valence-electron chi connectivity index (χ0n) is 23.7. The monoisotopic (exact) mass is 580 g/mol. The number of anilines is 1. The lowest BCUT2D eigenvalue weighted by atomic mass is 9.95. The van der Waals surface area contributed by atoms with Crippen molar-refractivity contribution in [1.82, 2.24) is 0 Å². The summed E-state index contributed by atoms with van der Waals surface area (Å²) < 4.78 is 17.3. The molecule has 1 amide bonds. The Balaban J connectivity index is 1.37. The highest BCUT2D eigenvalue weighted by Crippen LogP contribution is 2.39. The van der Waals surface area contributed by atoms with Gasteiger partial charge in [-0.2, -0.15) is 5.26 Å².